The number of amides is 3. The van der Waals surface area contributed by atoms with E-state index in [1.54, 1.807) is 4.90 Å². The molecule has 0 aromatic heterocycles. The lowest BCUT2D eigenvalue weighted by Gasteiger charge is -2.40. The predicted molar refractivity (Wildman–Crippen MR) is 127 cm³/mol. The monoisotopic (exact) mass is 506 g/mol. The van der Waals surface area contributed by atoms with E-state index in [1.807, 2.05) is 12.1 Å². The molecule has 3 amide bonds. The van der Waals surface area contributed by atoms with Crippen LogP contribution in [0.3, 0.4) is 0 Å². The number of nitrogens with zero attached hydrogens (tertiary/aromatic N) is 2. The van der Waals surface area contributed by atoms with Crippen molar-refractivity contribution >= 4 is 23.4 Å². The number of piperidine rings is 1. The number of nitrogens with one attached hydrogen (secondary N) is 2. The summed E-state index contributed by atoms with van der Waals surface area (Å²) in [6.07, 6.45) is 1.36. The van der Waals surface area contributed by atoms with Gasteiger partial charge in [0.1, 0.15) is 6.04 Å². The van der Waals surface area contributed by atoms with Crippen LogP contribution in [0.25, 0.3) is 0 Å². The van der Waals surface area contributed by atoms with Crippen molar-refractivity contribution in [1.29, 1.82) is 0 Å². The Bertz CT molecular complexity index is 1020. The number of hydrogen-bond donors (Lipinski definition) is 2. The molecule has 196 valence electrons. The Kier molecular flexibility index (Phi) is 6.98. The molecular weight excluding hydrogens is 473 g/mol. The zero-order valence-electron chi connectivity index (χ0n) is 20.3. The highest BCUT2D eigenvalue weighted by molar-refractivity contribution is 6.06. The van der Waals surface area contributed by atoms with Gasteiger partial charge in [-0.15, -0.1) is 0 Å². The lowest BCUT2D eigenvalue weighted by atomic mass is 9.89. The first-order valence-corrected chi connectivity index (χ1v) is 13.0. The summed E-state index contributed by atoms with van der Waals surface area (Å²) in [5.41, 5.74) is 2.56. The van der Waals surface area contributed by atoms with E-state index in [0.29, 0.717) is 24.4 Å². The van der Waals surface area contributed by atoms with Crippen molar-refractivity contribution < 1.29 is 27.6 Å². The summed E-state index contributed by atoms with van der Waals surface area (Å²) >= 11 is 0. The van der Waals surface area contributed by atoms with Gasteiger partial charge in [-0.05, 0) is 63.0 Å². The maximum Gasteiger partial charge on any atom is 0.390 e. The highest BCUT2D eigenvalue weighted by atomic mass is 19.4. The van der Waals surface area contributed by atoms with Crippen LogP contribution in [0.15, 0.2) is 18.2 Å². The molecule has 2 aliphatic carbocycles. The molecule has 2 saturated carbocycles. The Morgan fingerprint density at radius 3 is 2.44 bits per heavy atom. The highest BCUT2D eigenvalue weighted by Gasteiger charge is 2.41. The fourth-order valence-electron chi connectivity index (χ4n) is 5.87. The molecule has 1 saturated heterocycles. The molecule has 1 atom stereocenters. The third-order valence-electron chi connectivity index (χ3n) is 8.00. The zero-order valence-corrected chi connectivity index (χ0v) is 20.3. The van der Waals surface area contributed by atoms with Gasteiger partial charge in [0.05, 0.1) is 6.42 Å². The average molecular weight is 507 g/mol. The predicted octanol–water partition coefficient (Wildman–Crippen LogP) is 3.52. The van der Waals surface area contributed by atoms with Gasteiger partial charge in [-0.1, -0.05) is 6.07 Å². The minimum atomic E-state index is -4.14. The van der Waals surface area contributed by atoms with E-state index in [-0.39, 0.29) is 36.9 Å². The summed E-state index contributed by atoms with van der Waals surface area (Å²) in [5, 5.41) is 5.43. The lowest BCUT2D eigenvalue weighted by Crippen LogP contribution is -2.52. The standard InChI is InChI=1S/C26H33F3N4O3/c27-26(28,29)12-13-30-17-6-8-18(9-7-17)32(14-16-4-5-16)21-3-1-2-19-20(21)15-33(25(19)36)22-10-11-23(34)31-24(22)35/h1-3,16-18,22,30H,4-15H2,(H,31,34,35). The van der Waals surface area contributed by atoms with E-state index in [0.717, 1.165) is 43.5 Å². The minimum absolute atomic E-state index is 0.0465. The van der Waals surface area contributed by atoms with Crippen LogP contribution in [0.4, 0.5) is 18.9 Å². The number of fused-ring (bicyclic) bond motifs is 1. The second-order valence-corrected chi connectivity index (χ2v) is 10.6. The van der Waals surface area contributed by atoms with E-state index in [1.165, 1.54) is 12.8 Å². The van der Waals surface area contributed by atoms with Crippen LogP contribution in [0, 0.1) is 5.92 Å². The van der Waals surface area contributed by atoms with Crippen molar-refractivity contribution in [3.63, 3.8) is 0 Å². The van der Waals surface area contributed by atoms with Gasteiger partial charge in [0.25, 0.3) is 5.91 Å². The first-order chi connectivity index (χ1) is 17.2. The molecular formula is C26H33F3N4O3. The number of rotatable bonds is 8. The van der Waals surface area contributed by atoms with Crippen LogP contribution in [-0.2, 0) is 16.1 Å². The Balaban J connectivity index is 1.29. The van der Waals surface area contributed by atoms with Crippen molar-refractivity contribution in [3.05, 3.63) is 29.3 Å². The highest BCUT2D eigenvalue weighted by Crippen LogP contribution is 2.40. The molecule has 4 aliphatic rings. The zero-order chi connectivity index (χ0) is 25.4. The smallest absolute Gasteiger partial charge is 0.368 e. The Hall–Kier alpha value is -2.62. The number of benzene rings is 1. The normalized spacial score (nSPS) is 26.7. The number of anilines is 1. The second kappa shape index (κ2) is 10.0. The maximum atomic E-state index is 13.3. The molecule has 5 rings (SSSR count). The Labute approximate surface area is 208 Å². The van der Waals surface area contributed by atoms with Gasteiger partial charge < -0.3 is 15.1 Å². The summed E-state index contributed by atoms with van der Waals surface area (Å²) in [4.78, 5) is 41.3. The van der Waals surface area contributed by atoms with Crippen LogP contribution in [-0.4, -0.2) is 60.0 Å². The molecule has 1 aromatic rings. The van der Waals surface area contributed by atoms with E-state index in [9.17, 15) is 27.6 Å². The molecule has 0 spiro atoms. The summed E-state index contributed by atoms with van der Waals surface area (Å²) in [6.45, 7) is 1.20. The van der Waals surface area contributed by atoms with Gasteiger partial charge in [-0.3, -0.25) is 19.7 Å². The van der Waals surface area contributed by atoms with Crippen molar-refractivity contribution in [2.24, 2.45) is 5.92 Å². The third kappa shape index (κ3) is 5.53. The van der Waals surface area contributed by atoms with Crippen LogP contribution in [0.2, 0.25) is 0 Å². The topological polar surface area (TPSA) is 81.8 Å². The molecule has 0 bridgehead atoms. The number of halogens is 3. The molecule has 1 unspecified atom stereocenters. The van der Waals surface area contributed by atoms with Crippen molar-refractivity contribution in [2.45, 2.75) is 88.6 Å². The number of carbonyl (C=O) groups excluding carboxylic acids is 3. The van der Waals surface area contributed by atoms with Crippen LogP contribution in [0.1, 0.15) is 73.7 Å². The fourth-order valence-corrected chi connectivity index (χ4v) is 5.87. The van der Waals surface area contributed by atoms with Gasteiger partial charge in [0.15, 0.2) is 0 Å². The van der Waals surface area contributed by atoms with Crippen LogP contribution in [0.5, 0.6) is 0 Å². The number of imide groups is 1. The quantitative estimate of drug-likeness (QED) is 0.528. The largest absolute Gasteiger partial charge is 0.390 e. The van der Waals surface area contributed by atoms with Crippen LogP contribution < -0.4 is 15.5 Å². The summed E-state index contributed by atoms with van der Waals surface area (Å²) in [5.74, 6) is -0.280. The van der Waals surface area contributed by atoms with Gasteiger partial charge in [-0.2, -0.15) is 13.2 Å². The fraction of sp³-hybridized carbons (Fsp3) is 0.654. The van der Waals surface area contributed by atoms with Gasteiger partial charge >= 0.3 is 6.18 Å². The summed E-state index contributed by atoms with van der Waals surface area (Å²) < 4.78 is 37.5. The Morgan fingerprint density at radius 2 is 1.78 bits per heavy atom. The van der Waals surface area contributed by atoms with E-state index < -0.39 is 24.5 Å². The molecule has 3 fully saturated rings. The molecule has 36 heavy (non-hydrogen) atoms. The molecule has 10 heteroatoms. The van der Waals surface area contributed by atoms with Crippen molar-refractivity contribution in [1.82, 2.24) is 15.5 Å². The molecule has 2 aliphatic heterocycles. The summed E-state index contributed by atoms with van der Waals surface area (Å²) in [6, 6.07) is 5.46. The SMILES string of the molecule is O=C1CCC(N2Cc3c(cccc3N(CC3CC3)C3CCC(NCCC(F)(F)F)CC3)C2=O)C(=O)N1. The average Bonchev–Trinajstić information content (AvgIpc) is 3.59. The first kappa shape index (κ1) is 25.0. The van der Waals surface area contributed by atoms with E-state index >= 15 is 0 Å². The maximum absolute atomic E-state index is 13.3. The van der Waals surface area contributed by atoms with Gasteiger partial charge in [0, 0.05) is 55.0 Å². The second-order valence-electron chi connectivity index (χ2n) is 10.6. The Morgan fingerprint density at radius 1 is 1.03 bits per heavy atom. The van der Waals surface area contributed by atoms with Crippen LogP contribution >= 0.6 is 0 Å². The minimum Gasteiger partial charge on any atom is -0.368 e. The van der Waals surface area contributed by atoms with Gasteiger partial charge in [0.2, 0.25) is 11.8 Å². The third-order valence-corrected chi connectivity index (χ3v) is 8.00. The van der Waals surface area contributed by atoms with Gasteiger partial charge in [-0.25, -0.2) is 0 Å². The van der Waals surface area contributed by atoms with Crippen molar-refractivity contribution in [2.75, 3.05) is 18.0 Å². The number of carbonyl (C=O) groups is 3. The number of hydrogen-bond acceptors (Lipinski definition) is 5. The van der Waals surface area contributed by atoms with E-state index in [4.69, 9.17) is 0 Å². The number of alkyl halides is 3. The molecule has 2 N–H and O–H groups in total. The first-order valence-electron chi connectivity index (χ1n) is 13.0. The molecule has 7 nitrogen and oxygen atoms in total. The molecule has 1 aromatic carbocycles. The summed E-state index contributed by atoms with van der Waals surface area (Å²) in [7, 11) is 0. The molecule has 0 radical (unpaired) electrons. The lowest BCUT2D eigenvalue weighted by molar-refractivity contribution is -0.137. The molecule has 2 heterocycles. The van der Waals surface area contributed by atoms with E-state index in [2.05, 4.69) is 21.6 Å². The van der Waals surface area contributed by atoms with Crippen molar-refractivity contribution in [3.8, 4) is 0 Å².